The third kappa shape index (κ3) is 4.74. The lowest BCUT2D eigenvalue weighted by atomic mass is 10.1. The van der Waals surface area contributed by atoms with Gasteiger partial charge in [0.1, 0.15) is 0 Å². The van der Waals surface area contributed by atoms with Crippen LogP contribution in [0, 0.1) is 0 Å². The van der Waals surface area contributed by atoms with Gasteiger partial charge in [0.25, 0.3) is 10.2 Å². The quantitative estimate of drug-likeness (QED) is 0.811. The molecule has 8 heteroatoms. The maximum Gasteiger partial charge on any atom is 0.276 e. The van der Waals surface area contributed by atoms with Gasteiger partial charge >= 0.3 is 0 Å². The fourth-order valence-electron chi connectivity index (χ4n) is 2.58. The predicted octanol–water partition coefficient (Wildman–Crippen LogP) is 0.397. The van der Waals surface area contributed by atoms with Crippen LogP contribution in [0.2, 0.25) is 0 Å². The van der Waals surface area contributed by atoms with Gasteiger partial charge in [0, 0.05) is 31.9 Å². The van der Waals surface area contributed by atoms with Crippen LogP contribution in [0.15, 0.2) is 24.3 Å². The molecule has 2 rings (SSSR count). The molecule has 1 aromatic carbocycles. The maximum absolute atomic E-state index is 12.3. The van der Waals surface area contributed by atoms with Gasteiger partial charge in [-0.3, -0.25) is 9.69 Å². The molecule has 1 heterocycles. The Morgan fingerprint density at radius 3 is 2.26 bits per heavy atom. The highest BCUT2D eigenvalue weighted by Gasteiger charge is 2.29. The lowest BCUT2D eigenvalue weighted by molar-refractivity contribution is -0.121. The minimum absolute atomic E-state index is 0.0988. The summed E-state index contributed by atoms with van der Waals surface area (Å²) in [5, 5.41) is 8.01. The molecule has 1 aliphatic heterocycles. The fourth-order valence-corrected chi connectivity index (χ4v) is 3.25. The first-order valence-corrected chi connectivity index (χ1v) is 9.23. The van der Waals surface area contributed by atoms with E-state index >= 15 is 0 Å². The molecule has 0 spiro atoms. The Kier molecular flexibility index (Phi) is 5.74. The molecule has 1 atom stereocenters. The molecule has 3 N–H and O–H groups in total. The number of piperazine rings is 1. The van der Waals surface area contributed by atoms with Gasteiger partial charge in [0.15, 0.2) is 0 Å². The van der Waals surface area contributed by atoms with Crippen molar-refractivity contribution in [2.75, 3.05) is 31.5 Å². The monoisotopic (exact) mass is 340 g/mol. The molecule has 1 aliphatic rings. The SMILES string of the molecule is CCc1ccc(NC(=O)C(C)N2CCN(S(N)(=O)=O)CC2)cc1. The molecular formula is C15H24N4O3S. The Bertz CT molecular complexity index is 637. The van der Waals surface area contributed by atoms with Crippen molar-refractivity contribution in [3.8, 4) is 0 Å². The van der Waals surface area contributed by atoms with Gasteiger partial charge in [-0.1, -0.05) is 19.1 Å². The number of carbonyl (C=O) groups is 1. The summed E-state index contributed by atoms with van der Waals surface area (Å²) in [5.41, 5.74) is 1.98. The van der Waals surface area contributed by atoms with E-state index in [1.165, 1.54) is 9.87 Å². The summed E-state index contributed by atoms with van der Waals surface area (Å²) in [5.74, 6) is -0.0988. The van der Waals surface area contributed by atoms with Crippen LogP contribution in [0.3, 0.4) is 0 Å². The van der Waals surface area contributed by atoms with Crippen LogP contribution in [0.5, 0.6) is 0 Å². The molecule has 7 nitrogen and oxygen atoms in total. The van der Waals surface area contributed by atoms with Crippen LogP contribution in [0.1, 0.15) is 19.4 Å². The number of benzene rings is 1. The second-order valence-electron chi connectivity index (χ2n) is 5.70. The number of nitrogens with two attached hydrogens (primary N) is 1. The molecular weight excluding hydrogens is 316 g/mol. The molecule has 0 aromatic heterocycles. The first-order chi connectivity index (χ1) is 10.8. The molecule has 1 aromatic rings. The van der Waals surface area contributed by atoms with Crippen LogP contribution in [0.4, 0.5) is 5.69 Å². The topological polar surface area (TPSA) is 95.7 Å². The zero-order chi connectivity index (χ0) is 17.0. The van der Waals surface area contributed by atoms with Crippen molar-refractivity contribution in [3.05, 3.63) is 29.8 Å². The van der Waals surface area contributed by atoms with E-state index in [2.05, 4.69) is 12.2 Å². The fraction of sp³-hybridized carbons (Fsp3) is 0.533. The normalized spacial score (nSPS) is 18.6. The van der Waals surface area contributed by atoms with Crippen LogP contribution in [-0.2, 0) is 21.4 Å². The molecule has 128 valence electrons. The summed E-state index contributed by atoms with van der Waals surface area (Å²) in [6.45, 7) is 5.49. The third-order valence-corrected chi connectivity index (χ3v) is 5.27. The maximum atomic E-state index is 12.3. The highest BCUT2D eigenvalue weighted by atomic mass is 32.2. The van der Waals surface area contributed by atoms with Crippen molar-refractivity contribution >= 4 is 21.8 Å². The van der Waals surface area contributed by atoms with Crippen molar-refractivity contribution < 1.29 is 13.2 Å². The molecule has 23 heavy (non-hydrogen) atoms. The van der Waals surface area contributed by atoms with E-state index in [1.807, 2.05) is 36.1 Å². The van der Waals surface area contributed by atoms with Crippen LogP contribution >= 0.6 is 0 Å². The van der Waals surface area contributed by atoms with Crippen LogP contribution < -0.4 is 10.5 Å². The van der Waals surface area contributed by atoms with E-state index in [-0.39, 0.29) is 11.9 Å². The number of amides is 1. The summed E-state index contributed by atoms with van der Waals surface area (Å²) in [6.07, 6.45) is 0.957. The van der Waals surface area contributed by atoms with Gasteiger partial charge in [-0.15, -0.1) is 0 Å². The van der Waals surface area contributed by atoms with E-state index in [4.69, 9.17) is 5.14 Å². The first kappa shape index (κ1) is 17.9. The number of hydrogen-bond donors (Lipinski definition) is 2. The molecule has 1 unspecified atom stereocenters. The molecule has 1 amide bonds. The van der Waals surface area contributed by atoms with Crippen LogP contribution in [-0.4, -0.2) is 55.8 Å². The van der Waals surface area contributed by atoms with Crippen molar-refractivity contribution in [2.24, 2.45) is 5.14 Å². The van der Waals surface area contributed by atoms with Crippen molar-refractivity contribution in [3.63, 3.8) is 0 Å². The molecule has 0 radical (unpaired) electrons. The zero-order valence-corrected chi connectivity index (χ0v) is 14.3. The largest absolute Gasteiger partial charge is 0.325 e. The summed E-state index contributed by atoms with van der Waals surface area (Å²) >= 11 is 0. The number of nitrogens with one attached hydrogen (secondary N) is 1. The summed E-state index contributed by atoms with van der Waals surface area (Å²) in [6, 6.07) is 7.43. The van der Waals surface area contributed by atoms with Gasteiger partial charge in [-0.25, -0.2) is 5.14 Å². The number of carbonyl (C=O) groups excluding carboxylic acids is 1. The van der Waals surface area contributed by atoms with E-state index in [1.54, 1.807) is 0 Å². The molecule has 0 saturated carbocycles. The van der Waals surface area contributed by atoms with E-state index in [9.17, 15) is 13.2 Å². The highest BCUT2D eigenvalue weighted by molar-refractivity contribution is 7.86. The Morgan fingerprint density at radius 2 is 1.78 bits per heavy atom. The van der Waals surface area contributed by atoms with Crippen molar-refractivity contribution in [2.45, 2.75) is 26.3 Å². The summed E-state index contributed by atoms with van der Waals surface area (Å²) < 4.78 is 23.8. The summed E-state index contributed by atoms with van der Waals surface area (Å²) in [4.78, 5) is 14.3. The first-order valence-electron chi connectivity index (χ1n) is 7.73. The van der Waals surface area contributed by atoms with Gasteiger partial charge in [-0.05, 0) is 31.0 Å². The third-order valence-electron chi connectivity index (χ3n) is 4.19. The smallest absolute Gasteiger partial charge is 0.276 e. The minimum Gasteiger partial charge on any atom is -0.325 e. The predicted molar refractivity (Wildman–Crippen MR) is 90.2 cm³/mol. The molecule has 1 saturated heterocycles. The van der Waals surface area contributed by atoms with Gasteiger partial charge in [-0.2, -0.15) is 12.7 Å². The standard InChI is InChI=1S/C15H24N4O3S/c1-3-13-4-6-14(7-5-13)17-15(20)12(2)18-8-10-19(11-9-18)23(16,21)22/h4-7,12H,3,8-11H2,1-2H3,(H,17,20)(H2,16,21,22). The Hall–Kier alpha value is -1.48. The van der Waals surface area contributed by atoms with Crippen LogP contribution in [0.25, 0.3) is 0 Å². The number of anilines is 1. The number of rotatable bonds is 5. The number of nitrogens with zero attached hydrogens (tertiary/aromatic N) is 2. The second kappa shape index (κ2) is 7.39. The lowest BCUT2D eigenvalue weighted by Gasteiger charge is -2.35. The Balaban J connectivity index is 1.90. The van der Waals surface area contributed by atoms with Gasteiger partial charge in [0.05, 0.1) is 6.04 Å². The second-order valence-corrected chi connectivity index (χ2v) is 7.24. The van der Waals surface area contributed by atoms with Gasteiger partial charge < -0.3 is 5.32 Å². The highest BCUT2D eigenvalue weighted by Crippen LogP contribution is 2.13. The molecule has 0 aliphatic carbocycles. The molecule has 1 fully saturated rings. The summed E-state index contributed by atoms with van der Waals surface area (Å²) in [7, 11) is -3.64. The average molecular weight is 340 g/mol. The Morgan fingerprint density at radius 1 is 1.22 bits per heavy atom. The average Bonchev–Trinajstić information content (AvgIpc) is 2.54. The van der Waals surface area contributed by atoms with E-state index in [0.717, 1.165) is 12.1 Å². The number of aryl methyl sites for hydroxylation is 1. The number of hydrogen-bond acceptors (Lipinski definition) is 4. The van der Waals surface area contributed by atoms with Crippen molar-refractivity contribution in [1.82, 2.24) is 9.21 Å². The van der Waals surface area contributed by atoms with E-state index in [0.29, 0.717) is 26.2 Å². The molecule has 0 bridgehead atoms. The zero-order valence-electron chi connectivity index (χ0n) is 13.5. The van der Waals surface area contributed by atoms with Gasteiger partial charge in [0.2, 0.25) is 5.91 Å². The lowest BCUT2D eigenvalue weighted by Crippen LogP contribution is -2.55. The minimum atomic E-state index is -3.64. The van der Waals surface area contributed by atoms with E-state index < -0.39 is 10.2 Å². The Labute approximate surface area is 137 Å². The van der Waals surface area contributed by atoms with Crippen molar-refractivity contribution in [1.29, 1.82) is 0 Å².